The fourth-order valence-electron chi connectivity index (χ4n) is 9.96. The molecule has 0 bridgehead atoms. The first-order valence-electron chi connectivity index (χ1n) is 24.2. The predicted octanol–water partition coefficient (Wildman–Crippen LogP) is 10.5. The molecule has 326 valence electrons. The van der Waals surface area contributed by atoms with E-state index < -0.39 is 19.3 Å². The first kappa shape index (κ1) is 46.0. The van der Waals surface area contributed by atoms with Crippen molar-refractivity contribution in [1.29, 1.82) is 0 Å². The van der Waals surface area contributed by atoms with Crippen LogP contribution in [0.4, 0.5) is 5.69 Å². The highest BCUT2D eigenvalue weighted by Gasteiger charge is 2.40. The minimum Gasteiger partial charge on any atom is -0.354 e. The third-order valence-corrected chi connectivity index (χ3v) is 18.5. The van der Waals surface area contributed by atoms with Crippen LogP contribution in [0.25, 0.3) is 0 Å². The highest BCUT2D eigenvalue weighted by atomic mass is 31.2. The van der Waals surface area contributed by atoms with E-state index in [4.69, 9.17) is 4.99 Å². The van der Waals surface area contributed by atoms with Gasteiger partial charge in [0, 0.05) is 26.3 Å². The molecule has 0 radical (unpaired) electrons. The largest absolute Gasteiger partial charge is 0.354 e. The fourth-order valence-corrected chi connectivity index (χ4v) is 15.0. The van der Waals surface area contributed by atoms with E-state index in [9.17, 15) is 4.79 Å². The molecule has 1 heterocycles. The zero-order chi connectivity index (χ0) is 42.0. The average molecular weight is 836 g/mol. The Labute approximate surface area is 364 Å². The molecule has 2 amide bonds. The Hall–Kier alpha value is -3.54. The van der Waals surface area contributed by atoms with Gasteiger partial charge < -0.3 is 15.5 Å². The number of quaternary nitrogens is 1. The van der Waals surface area contributed by atoms with Crippen molar-refractivity contribution < 1.29 is 14.9 Å². The third kappa shape index (κ3) is 13.7. The Morgan fingerprint density at radius 3 is 1.97 bits per heavy atom. The fraction of sp³-hybridized carbons (Fsp3) is 0.596. The van der Waals surface area contributed by atoms with Gasteiger partial charge in [-0.1, -0.05) is 133 Å². The highest BCUT2D eigenvalue weighted by molar-refractivity contribution is 7.75. The zero-order valence-electron chi connectivity index (χ0n) is 37.5. The second-order valence-electron chi connectivity index (χ2n) is 18.4. The van der Waals surface area contributed by atoms with Crippen molar-refractivity contribution in [1.82, 2.24) is 15.5 Å². The SMILES string of the molecule is CCCC[P+](CCCC)(CCCC)Cc1ccc([NH2+]C(=O)C2Cc3ccccc3CN2C(=O)[C@H](CCc2ccccc2)NC(=NC2CCCCC2)NC2CCCCC2)cc1. The lowest BCUT2D eigenvalue weighted by atomic mass is 9.92. The Morgan fingerprint density at radius 2 is 1.33 bits per heavy atom. The highest BCUT2D eigenvalue weighted by Crippen LogP contribution is 2.63. The first-order valence-corrected chi connectivity index (χ1v) is 26.8. The van der Waals surface area contributed by atoms with Gasteiger partial charge in [0.25, 0.3) is 0 Å². The Bertz CT molecular complexity index is 1750. The summed E-state index contributed by atoms with van der Waals surface area (Å²) in [4.78, 5) is 37.1. The maximum absolute atomic E-state index is 15.2. The number of guanidine groups is 1. The van der Waals surface area contributed by atoms with Crippen LogP contribution in [0.15, 0.2) is 83.9 Å². The van der Waals surface area contributed by atoms with Gasteiger partial charge in [-0.2, -0.15) is 0 Å². The molecule has 3 aromatic carbocycles. The molecule has 0 saturated heterocycles. The lowest BCUT2D eigenvalue weighted by Crippen LogP contribution is -2.86. The summed E-state index contributed by atoms with van der Waals surface area (Å²) in [5.74, 6) is 0.757. The maximum atomic E-state index is 15.2. The second kappa shape index (κ2) is 24.2. The van der Waals surface area contributed by atoms with Crippen molar-refractivity contribution in [3.8, 4) is 0 Å². The summed E-state index contributed by atoms with van der Waals surface area (Å²) in [7, 11) is -1.09. The predicted molar refractivity (Wildman–Crippen MR) is 253 cm³/mol. The number of hydrogen-bond donors (Lipinski definition) is 3. The van der Waals surface area contributed by atoms with E-state index in [0.29, 0.717) is 25.4 Å². The number of nitrogens with two attached hydrogens (primary N) is 1. The molecule has 3 aromatic rings. The molecule has 2 fully saturated rings. The number of fused-ring (bicyclic) bond motifs is 1. The van der Waals surface area contributed by atoms with Gasteiger partial charge in [-0.05, 0) is 104 Å². The van der Waals surface area contributed by atoms with Gasteiger partial charge in [0.2, 0.25) is 5.91 Å². The van der Waals surface area contributed by atoms with E-state index >= 15 is 4.79 Å². The molecule has 2 atom stereocenters. The summed E-state index contributed by atoms with van der Waals surface area (Å²) in [5.41, 5.74) is 5.82. The molecule has 0 aromatic heterocycles. The number of nitrogens with one attached hydrogen (secondary N) is 2. The molecule has 8 heteroatoms. The summed E-state index contributed by atoms with van der Waals surface area (Å²) in [6.45, 7) is 7.41. The van der Waals surface area contributed by atoms with Gasteiger partial charge in [-0.25, -0.2) is 15.1 Å². The minimum atomic E-state index is -1.09. The number of aliphatic imine (C=N–C) groups is 1. The van der Waals surface area contributed by atoms with Crippen molar-refractivity contribution >= 4 is 30.7 Å². The van der Waals surface area contributed by atoms with Crippen LogP contribution in [-0.4, -0.2) is 65.3 Å². The van der Waals surface area contributed by atoms with E-state index in [1.807, 2.05) is 16.3 Å². The van der Waals surface area contributed by atoms with Crippen LogP contribution in [0, 0.1) is 0 Å². The molecule has 1 unspecified atom stereocenters. The molecule has 4 N–H and O–H groups in total. The Kier molecular flexibility index (Phi) is 18.5. The number of carbonyl (C=O) groups excluding carboxylic acids is 2. The third-order valence-electron chi connectivity index (χ3n) is 13.6. The van der Waals surface area contributed by atoms with E-state index in [1.54, 1.807) is 0 Å². The van der Waals surface area contributed by atoms with Crippen molar-refractivity contribution in [2.75, 3.05) is 18.5 Å². The van der Waals surface area contributed by atoms with Crippen molar-refractivity contribution in [2.45, 2.75) is 180 Å². The Morgan fingerprint density at radius 1 is 0.733 bits per heavy atom. The molecule has 6 rings (SSSR count). The van der Waals surface area contributed by atoms with Crippen molar-refractivity contribution in [3.63, 3.8) is 0 Å². The molecule has 2 saturated carbocycles. The Balaban J connectivity index is 1.24. The summed E-state index contributed by atoms with van der Waals surface area (Å²) < 4.78 is 0. The van der Waals surface area contributed by atoms with E-state index in [0.717, 1.165) is 54.9 Å². The molecular formula is C52H78N5O2P+2. The number of nitrogens with zero attached hydrogens (tertiary/aromatic N) is 2. The second-order valence-corrected chi connectivity index (χ2v) is 22.8. The molecule has 60 heavy (non-hydrogen) atoms. The van der Waals surface area contributed by atoms with Crippen LogP contribution in [0.2, 0.25) is 0 Å². The normalized spacial score (nSPS) is 18.5. The maximum Gasteiger partial charge on any atom is 0.338 e. The van der Waals surface area contributed by atoms with Crippen LogP contribution in [0.3, 0.4) is 0 Å². The van der Waals surface area contributed by atoms with Crippen LogP contribution in [0.5, 0.6) is 0 Å². The molecular weight excluding hydrogens is 758 g/mol. The smallest absolute Gasteiger partial charge is 0.338 e. The van der Waals surface area contributed by atoms with E-state index in [1.165, 1.54) is 113 Å². The summed E-state index contributed by atoms with van der Waals surface area (Å²) in [6, 6.07) is 27.2. The summed E-state index contributed by atoms with van der Waals surface area (Å²) in [6.07, 6.45) is 26.9. The number of carbonyl (C=O) groups is 2. The van der Waals surface area contributed by atoms with Gasteiger partial charge in [0.05, 0.1) is 30.7 Å². The summed E-state index contributed by atoms with van der Waals surface area (Å²) in [5, 5.41) is 9.37. The molecule has 7 nitrogen and oxygen atoms in total. The molecule has 0 spiro atoms. The van der Waals surface area contributed by atoms with Gasteiger partial charge >= 0.3 is 5.91 Å². The van der Waals surface area contributed by atoms with Gasteiger partial charge in [0.15, 0.2) is 12.0 Å². The van der Waals surface area contributed by atoms with Crippen LogP contribution in [-0.2, 0) is 35.1 Å². The van der Waals surface area contributed by atoms with E-state index in [-0.39, 0.29) is 17.9 Å². The number of unbranched alkanes of at least 4 members (excludes halogenated alkanes) is 3. The number of aryl methyl sites for hydroxylation is 1. The van der Waals surface area contributed by atoms with Crippen LogP contribution < -0.4 is 16.0 Å². The number of rotatable bonds is 20. The molecule has 1 aliphatic heterocycles. The monoisotopic (exact) mass is 836 g/mol. The molecule has 3 aliphatic rings. The van der Waals surface area contributed by atoms with Crippen LogP contribution in [0.1, 0.15) is 152 Å². The average Bonchev–Trinajstić information content (AvgIpc) is 3.29. The number of benzene rings is 3. The van der Waals surface area contributed by atoms with Gasteiger partial charge in [0.1, 0.15) is 11.7 Å². The van der Waals surface area contributed by atoms with Crippen molar-refractivity contribution in [3.05, 3.63) is 101 Å². The van der Waals surface area contributed by atoms with Gasteiger partial charge in [-0.3, -0.25) is 4.79 Å². The van der Waals surface area contributed by atoms with Crippen LogP contribution >= 0.6 is 7.26 Å². The first-order chi connectivity index (χ1) is 29.4. The summed E-state index contributed by atoms with van der Waals surface area (Å²) >= 11 is 0. The minimum absolute atomic E-state index is 0.000441. The topological polar surface area (TPSA) is 90.4 Å². The van der Waals surface area contributed by atoms with Crippen molar-refractivity contribution in [2.24, 2.45) is 4.99 Å². The number of hydrogen-bond acceptors (Lipinski definition) is 3. The lowest BCUT2D eigenvalue weighted by Gasteiger charge is -2.37. The number of primary amides is 1. The quantitative estimate of drug-likeness (QED) is 0.0458. The molecule has 2 aliphatic carbocycles. The lowest BCUT2D eigenvalue weighted by molar-refractivity contribution is -0.486. The van der Waals surface area contributed by atoms with E-state index in [2.05, 4.69) is 104 Å². The number of amides is 2. The van der Waals surface area contributed by atoms with Gasteiger partial charge in [-0.15, -0.1) is 0 Å². The standard InChI is InChI=1S/C52H76N5O2P/c1-4-7-35-60(36-8-5-2,37-9-6-3)40-42-29-32-47(33-30-42)53-50(58)49-38-43-23-19-20-24-44(43)39-57(49)51(59)48(34-31-41-21-13-10-14-22-41)56-52(54-45-25-15-11-16-26-45)55-46-27-17-12-18-28-46/h10,13-14,19-24,29-30,32-33,45-46,48-49H,4-9,11-12,15-18,25-28,31,34-40H2,1-3H3,(H2-,53,54,55,56,58)/p+2/t48-,49?/m0/s1. The zero-order valence-corrected chi connectivity index (χ0v) is 38.4.